The summed E-state index contributed by atoms with van der Waals surface area (Å²) >= 11 is 1.54. The summed E-state index contributed by atoms with van der Waals surface area (Å²) < 4.78 is 12.8. The number of hydrogen-bond donors (Lipinski definition) is 0. The van der Waals surface area contributed by atoms with Gasteiger partial charge in [0.1, 0.15) is 18.1 Å². The van der Waals surface area contributed by atoms with Crippen molar-refractivity contribution in [2.45, 2.75) is 17.5 Å². The van der Waals surface area contributed by atoms with Crippen LogP contribution in [0.2, 0.25) is 0 Å². The van der Waals surface area contributed by atoms with Gasteiger partial charge >= 0.3 is 0 Å². The van der Waals surface area contributed by atoms with Crippen molar-refractivity contribution in [3.05, 3.63) is 65.5 Å². The highest BCUT2D eigenvalue weighted by Crippen LogP contribution is 2.23. The minimum Gasteiger partial charge on any atom is -0.497 e. The van der Waals surface area contributed by atoms with Gasteiger partial charge in [0, 0.05) is 12.8 Å². The van der Waals surface area contributed by atoms with E-state index in [0.717, 1.165) is 28.0 Å². The fourth-order valence-electron chi connectivity index (χ4n) is 2.31. The molecule has 7 heteroatoms. The molecule has 0 N–H and O–H groups in total. The van der Waals surface area contributed by atoms with Crippen LogP contribution in [0.5, 0.6) is 11.5 Å². The molecule has 0 bridgehead atoms. The summed E-state index contributed by atoms with van der Waals surface area (Å²) in [4.78, 5) is 0. The van der Waals surface area contributed by atoms with Crippen LogP contribution in [0.4, 0.5) is 0 Å². The van der Waals surface area contributed by atoms with Gasteiger partial charge in [-0.1, -0.05) is 30.0 Å². The molecule has 0 amide bonds. The number of benzene rings is 2. The second-order valence-electron chi connectivity index (χ2n) is 5.48. The van der Waals surface area contributed by atoms with E-state index in [2.05, 4.69) is 16.3 Å². The number of methoxy groups -OCH3 is 1. The third-order valence-electron chi connectivity index (χ3n) is 3.85. The lowest BCUT2D eigenvalue weighted by atomic mass is 10.1. The maximum atomic E-state index is 9.17. The molecule has 26 heavy (non-hydrogen) atoms. The van der Waals surface area contributed by atoms with Gasteiger partial charge in [0.05, 0.1) is 18.7 Å². The Morgan fingerprint density at radius 3 is 2.54 bits per heavy atom. The summed E-state index contributed by atoms with van der Waals surface area (Å²) in [5, 5.41) is 18.4. The van der Waals surface area contributed by atoms with Gasteiger partial charge in [-0.15, -0.1) is 10.2 Å². The van der Waals surface area contributed by atoms with Crippen LogP contribution in [0, 0.1) is 11.3 Å². The number of nitrogens with zero attached hydrogens (tertiary/aromatic N) is 4. The predicted octanol–water partition coefficient (Wildman–Crippen LogP) is 3.57. The zero-order valence-electron chi connectivity index (χ0n) is 14.5. The first-order valence-corrected chi connectivity index (χ1v) is 8.95. The zero-order valence-corrected chi connectivity index (χ0v) is 15.4. The van der Waals surface area contributed by atoms with E-state index < -0.39 is 0 Å². The van der Waals surface area contributed by atoms with Crippen molar-refractivity contribution in [2.75, 3.05) is 7.11 Å². The summed E-state index contributed by atoms with van der Waals surface area (Å²) in [5.41, 5.74) is 1.67. The number of thioether (sulfide) groups is 1. The highest BCUT2D eigenvalue weighted by atomic mass is 32.2. The average molecular weight is 366 g/mol. The molecule has 0 aliphatic carbocycles. The maximum absolute atomic E-state index is 9.17. The van der Waals surface area contributed by atoms with Crippen molar-refractivity contribution < 1.29 is 9.47 Å². The highest BCUT2D eigenvalue weighted by Gasteiger charge is 2.11. The Kier molecular flexibility index (Phi) is 5.77. The monoisotopic (exact) mass is 366 g/mol. The number of hydrogen-bond acceptors (Lipinski definition) is 6. The van der Waals surface area contributed by atoms with Gasteiger partial charge in [0.25, 0.3) is 0 Å². The van der Waals surface area contributed by atoms with Crippen LogP contribution in [0.15, 0.2) is 53.7 Å². The van der Waals surface area contributed by atoms with Crippen molar-refractivity contribution in [1.29, 1.82) is 5.26 Å². The Labute approximate surface area is 156 Å². The van der Waals surface area contributed by atoms with E-state index in [9.17, 15) is 0 Å². The predicted molar refractivity (Wildman–Crippen MR) is 99.0 cm³/mol. The van der Waals surface area contributed by atoms with E-state index in [4.69, 9.17) is 14.7 Å². The molecule has 0 atom stereocenters. The van der Waals surface area contributed by atoms with E-state index >= 15 is 0 Å². The Hall–Kier alpha value is -2.98. The van der Waals surface area contributed by atoms with E-state index in [1.807, 2.05) is 60.1 Å². The average Bonchev–Trinajstić information content (AvgIpc) is 3.05. The molecule has 0 unspecified atom stereocenters. The van der Waals surface area contributed by atoms with E-state index in [1.165, 1.54) is 0 Å². The van der Waals surface area contributed by atoms with Gasteiger partial charge in [0.15, 0.2) is 11.0 Å². The van der Waals surface area contributed by atoms with Crippen LogP contribution in [0.1, 0.15) is 17.0 Å². The second kappa shape index (κ2) is 8.41. The molecule has 0 spiro atoms. The first-order valence-electron chi connectivity index (χ1n) is 7.97. The molecule has 2 aromatic carbocycles. The summed E-state index contributed by atoms with van der Waals surface area (Å²) in [7, 11) is 3.54. The number of rotatable bonds is 7. The van der Waals surface area contributed by atoms with Crippen LogP contribution in [-0.4, -0.2) is 21.9 Å². The van der Waals surface area contributed by atoms with Gasteiger partial charge < -0.3 is 14.0 Å². The van der Waals surface area contributed by atoms with Crippen molar-refractivity contribution in [2.24, 2.45) is 7.05 Å². The normalized spacial score (nSPS) is 10.3. The minimum absolute atomic E-state index is 0.325. The van der Waals surface area contributed by atoms with Crippen molar-refractivity contribution in [3.63, 3.8) is 0 Å². The number of nitriles is 1. The molecule has 0 saturated carbocycles. The van der Waals surface area contributed by atoms with E-state index in [1.54, 1.807) is 18.9 Å². The quantitative estimate of drug-likeness (QED) is 0.595. The van der Waals surface area contributed by atoms with Crippen molar-refractivity contribution >= 4 is 11.8 Å². The fourth-order valence-corrected chi connectivity index (χ4v) is 3.25. The Morgan fingerprint density at radius 2 is 1.81 bits per heavy atom. The van der Waals surface area contributed by atoms with Gasteiger partial charge in [-0.25, -0.2) is 0 Å². The standard InChI is InChI=1S/C19H18N4O2S/c1-23-18(12-25-17-9-7-16(24-2)8-10-17)21-22-19(23)26-13-15-6-4-3-5-14(15)11-20/h3-10H,12-13H2,1-2H3. The van der Waals surface area contributed by atoms with Gasteiger partial charge in [0.2, 0.25) is 0 Å². The molecule has 6 nitrogen and oxygen atoms in total. The Bertz CT molecular complexity index is 916. The molecule has 1 heterocycles. The molecule has 0 aliphatic heterocycles. The Balaban J connectivity index is 1.61. The van der Waals surface area contributed by atoms with Crippen LogP contribution >= 0.6 is 11.8 Å². The first kappa shape index (κ1) is 17.8. The molecular weight excluding hydrogens is 348 g/mol. The molecule has 1 aromatic heterocycles. The molecule has 132 valence electrons. The SMILES string of the molecule is COc1ccc(OCc2nnc(SCc3ccccc3C#N)n2C)cc1. The van der Waals surface area contributed by atoms with E-state index in [0.29, 0.717) is 17.9 Å². The lowest BCUT2D eigenvalue weighted by molar-refractivity contribution is 0.290. The molecule has 3 rings (SSSR count). The summed E-state index contributed by atoms with van der Waals surface area (Å²) in [6.45, 7) is 0.325. The molecule has 0 radical (unpaired) electrons. The molecular formula is C19H18N4O2S. The van der Waals surface area contributed by atoms with Crippen molar-refractivity contribution in [1.82, 2.24) is 14.8 Å². The first-order chi connectivity index (χ1) is 12.7. The molecule has 0 saturated heterocycles. The zero-order chi connectivity index (χ0) is 18.4. The maximum Gasteiger partial charge on any atom is 0.191 e. The molecule has 0 fully saturated rings. The summed E-state index contributed by atoms with van der Waals surface area (Å²) in [6.07, 6.45) is 0. The van der Waals surface area contributed by atoms with Crippen LogP contribution < -0.4 is 9.47 Å². The number of ether oxygens (including phenoxy) is 2. The third-order valence-corrected chi connectivity index (χ3v) is 4.92. The van der Waals surface area contributed by atoms with Crippen LogP contribution in [0.25, 0.3) is 0 Å². The van der Waals surface area contributed by atoms with Gasteiger partial charge in [-0.05, 0) is 35.9 Å². The smallest absolute Gasteiger partial charge is 0.191 e. The molecule has 3 aromatic rings. The third kappa shape index (κ3) is 4.16. The second-order valence-corrected chi connectivity index (χ2v) is 6.42. The van der Waals surface area contributed by atoms with Crippen molar-refractivity contribution in [3.8, 4) is 17.6 Å². The fraction of sp³-hybridized carbons (Fsp3) is 0.211. The molecule has 0 aliphatic rings. The van der Waals surface area contributed by atoms with Crippen LogP contribution in [-0.2, 0) is 19.4 Å². The van der Waals surface area contributed by atoms with Crippen LogP contribution in [0.3, 0.4) is 0 Å². The minimum atomic E-state index is 0.325. The highest BCUT2D eigenvalue weighted by molar-refractivity contribution is 7.98. The summed E-state index contributed by atoms with van der Waals surface area (Å²) in [6, 6.07) is 17.2. The lowest BCUT2D eigenvalue weighted by Gasteiger charge is -2.07. The topological polar surface area (TPSA) is 73.0 Å². The number of aromatic nitrogens is 3. The van der Waals surface area contributed by atoms with E-state index in [-0.39, 0.29) is 0 Å². The largest absolute Gasteiger partial charge is 0.497 e. The Morgan fingerprint density at radius 1 is 1.08 bits per heavy atom. The summed E-state index contributed by atoms with van der Waals surface area (Å²) in [5.74, 6) is 2.92. The van der Waals surface area contributed by atoms with Gasteiger partial charge in [-0.3, -0.25) is 0 Å². The van der Waals surface area contributed by atoms with Gasteiger partial charge in [-0.2, -0.15) is 5.26 Å². The lowest BCUT2D eigenvalue weighted by Crippen LogP contribution is -2.04.